The highest BCUT2D eigenvalue weighted by Gasteiger charge is 2.30. The zero-order valence-corrected chi connectivity index (χ0v) is 16.1. The van der Waals surface area contributed by atoms with Crippen LogP contribution in [-0.4, -0.2) is 43.5 Å². The molecule has 2 unspecified atom stereocenters. The Hall–Kier alpha value is -2.86. The van der Waals surface area contributed by atoms with Gasteiger partial charge in [-0.3, -0.25) is 4.79 Å². The molecule has 0 bridgehead atoms. The Morgan fingerprint density at radius 1 is 1.07 bits per heavy atom. The summed E-state index contributed by atoms with van der Waals surface area (Å²) < 4.78 is 10.6. The van der Waals surface area contributed by atoms with Gasteiger partial charge in [0, 0.05) is 25.0 Å². The molecule has 2 aromatic carbocycles. The number of rotatable bonds is 8. The van der Waals surface area contributed by atoms with Crippen LogP contribution in [0.4, 0.5) is 4.79 Å². The fourth-order valence-electron chi connectivity index (χ4n) is 3.75. The first-order valence-electron chi connectivity index (χ1n) is 9.33. The lowest BCUT2D eigenvalue weighted by Crippen LogP contribution is -2.42. The number of carbonyl (C=O) groups is 2. The van der Waals surface area contributed by atoms with Crippen molar-refractivity contribution in [1.29, 1.82) is 0 Å². The minimum atomic E-state index is -0.980. The molecule has 2 N–H and O–H groups in total. The van der Waals surface area contributed by atoms with Gasteiger partial charge in [0.15, 0.2) is 0 Å². The van der Waals surface area contributed by atoms with Crippen molar-refractivity contribution in [3.8, 4) is 11.1 Å². The van der Waals surface area contributed by atoms with Crippen molar-refractivity contribution >= 4 is 12.1 Å². The molecule has 2 aromatic rings. The SMILES string of the molecule is COCC(C)C(CC(=O)O)NC(=O)OCC1c2ccccc2-c2ccccc21. The van der Waals surface area contributed by atoms with Crippen molar-refractivity contribution in [2.75, 3.05) is 20.3 Å². The molecule has 0 radical (unpaired) electrons. The van der Waals surface area contributed by atoms with Crippen molar-refractivity contribution in [1.82, 2.24) is 5.32 Å². The van der Waals surface area contributed by atoms with Crippen LogP contribution in [0.5, 0.6) is 0 Å². The van der Waals surface area contributed by atoms with Crippen LogP contribution in [-0.2, 0) is 14.3 Å². The number of hydrogen-bond acceptors (Lipinski definition) is 4. The lowest BCUT2D eigenvalue weighted by atomic mass is 9.98. The number of carboxylic acids is 1. The van der Waals surface area contributed by atoms with Gasteiger partial charge in [-0.05, 0) is 22.3 Å². The number of alkyl carbamates (subject to hydrolysis) is 1. The molecule has 6 heteroatoms. The number of ether oxygens (including phenoxy) is 2. The molecule has 0 saturated heterocycles. The highest BCUT2D eigenvalue weighted by Crippen LogP contribution is 2.44. The summed E-state index contributed by atoms with van der Waals surface area (Å²) in [6.07, 6.45) is -0.801. The third kappa shape index (κ3) is 4.34. The quantitative estimate of drug-likeness (QED) is 0.727. The van der Waals surface area contributed by atoms with Crippen LogP contribution in [0, 0.1) is 5.92 Å². The number of methoxy groups -OCH3 is 1. The molecule has 0 heterocycles. The maximum absolute atomic E-state index is 12.4. The van der Waals surface area contributed by atoms with Gasteiger partial charge in [0.1, 0.15) is 6.61 Å². The molecule has 1 aliphatic rings. The van der Waals surface area contributed by atoms with Gasteiger partial charge in [0.25, 0.3) is 0 Å². The molecule has 3 rings (SSSR count). The molecule has 1 amide bonds. The molecule has 0 saturated carbocycles. The lowest BCUT2D eigenvalue weighted by molar-refractivity contribution is -0.137. The van der Waals surface area contributed by atoms with Gasteiger partial charge in [-0.25, -0.2) is 4.79 Å². The standard InChI is InChI=1S/C22H25NO5/c1-14(12-27-2)20(11-21(24)25)23-22(26)28-13-19-17-9-5-3-7-15(17)16-8-4-6-10-18(16)19/h3-10,14,19-20H,11-13H2,1-2H3,(H,23,26)(H,24,25). The van der Waals surface area contributed by atoms with Crippen molar-refractivity contribution in [2.45, 2.75) is 25.3 Å². The average Bonchev–Trinajstić information content (AvgIpc) is 3.00. The second-order valence-corrected chi connectivity index (χ2v) is 7.11. The Morgan fingerprint density at radius 3 is 2.18 bits per heavy atom. The first-order valence-corrected chi connectivity index (χ1v) is 9.33. The van der Waals surface area contributed by atoms with E-state index in [0.717, 1.165) is 22.3 Å². The lowest BCUT2D eigenvalue weighted by Gasteiger charge is -2.23. The second kappa shape index (κ2) is 8.89. The maximum atomic E-state index is 12.4. The van der Waals surface area contributed by atoms with Gasteiger partial charge >= 0.3 is 12.1 Å². The molecule has 1 aliphatic carbocycles. The van der Waals surface area contributed by atoms with Crippen LogP contribution in [0.25, 0.3) is 11.1 Å². The van der Waals surface area contributed by atoms with Crippen molar-refractivity contribution < 1.29 is 24.2 Å². The molecule has 28 heavy (non-hydrogen) atoms. The van der Waals surface area contributed by atoms with E-state index in [4.69, 9.17) is 14.6 Å². The number of hydrogen-bond donors (Lipinski definition) is 2. The minimum absolute atomic E-state index is 0.0347. The molecular weight excluding hydrogens is 358 g/mol. The van der Waals surface area contributed by atoms with Crippen molar-refractivity contribution in [2.24, 2.45) is 5.92 Å². The monoisotopic (exact) mass is 383 g/mol. The average molecular weight is 383 g/mol. The summed E-state index contributed by atoms with van der Waals surface area (Å²) in [5.41, 5.74) is 4.58. The van der Waals surface area contributed by atoms with E-state index in [9.17, 15) is 9.59 Å². The predicted molar refractivity (Wildman–Crippen MR) is 105 cm³/mol. The van der Waals surface area contributed by atoms with Crippen molar-refractivity contribution in [3.63, 3.8) is 0 Å². The van der Waals surface area contributed by atoms with E-state index in [2.05, 4.69) is 29.6 Å². The highest BCUT2D eigenvalue weighted by molar-refractivity contribution is 5.79. The number of amides is 1. The van der Waals surface area contributed by atoms with Crippen LogP contribution in [0.2, 0.25) is 0 Å². The number of aliphatic carboxylic acids is 1. The molecule has 0 fully saturated rings. The van der Waals surface area contributed by atoms with Gasteiger partial charge in [-0.2, -0.15) is 0 Å². The summed E-state index contributed by atoms with van der Waals surface area (Å²) in [6.45, 7) is 2.38. The second-order valence-electron chi connectivity index (χ2n) is 7.11. The van der Waals surface area contributed by atoms with Crippen LogP contribution >= 0.6 is 0 Å². The Kier molecular flexibility index (Phi) is 6.31. The molecule has 0 aromatic heterocycles. The minimum Gasteiger partial charge on any atom is -0.481 e. The number of nitrogens with one attached hydrogen (secondary N) is 1. The van der Waals surface area contributed by atoms with Crippen LogP contribution < -0.4 is 5.32 Å². The topological polar surface area (TPSA) is 84.9 Å². The van der Waals surface area contributed by atoms with E-state index in [0.29, 0.717) is 6.61 Å². The summed E-state index contributed by atoms with van der Waals surface area (Å²) in [6, 6.07) is 15.6. The Balaban J connectivity index is 1.68. The zero-order valence-electron chi connectivity index (χ0n) is 16.1. The Morgan fingerprint density at radius 2 is 1.64 bits per heavy atom. The molecule has 148 valence electrons. The van der Waals surface area contributed by atoms with E-state index >= 15 is 0 Å². The summed E-state index contributed by atoms with van der Waals surface area (Å²) in [5, 5.41) is 11.8. The zero-order chi connectivity index (χ0) is 20.1. The Labute approximate surface area is 164 Å². The normalized spacial score (nSPS) is 14.6. The summed E-state index contributed by atoms with van der Waals surface area (Å²) in [7, 11) is 1.54. The molecular formula is C22H25NO5. The van der Waals surface area contributed by atoms with E-state index < -0.39 is 18.1 Å². The van der Waals surface area contributed by atoms with Gasteiger partial charge in [-0.15, -0.1) is 0 Å². The summed E-state index contributed by atoms with van der Waals surface area (Å²) in [4.78, 5) is 23.5. The third-order valence-electron chi connectivity index (χ3n) is 5.16. The number of benzene rings is 2. The van der Waals surface area contributed by atoms with Crippen LogP contribution in [0.15, 0.2) is 48.5 Å². The molecule has 0 spiro atoms. The van der Waals surface area contributed by atoms with Crippen molar-refractivity contribution in [3.05, 3.63) is 59.7 Å². The summed E-state index contributed by atoms with van der Waals surface area (Å²) >= 11 is 0. The van der Waals surface area contributed by atoms with Gasteiger partial charge in [-0.1, -0.05) is 55.5 Å². The predicted octanol–water partition coefficient (Wildman–Crippen LogP) is 3.65. The molecule has 6 nitrogen and oxygen atoms in total. The van der Waals surface area contributed by atoms with Gasteiger partial charge in [0.2, 0.25) is 0 Å². The maximum Gasteiger partial charge on any atom is 0.407 e. The Bertz CT molecular complexity index is 805. The van der Waals surface area contributed by atoms with Gasteiger partial charge in [0.05, 0.1) is 13.0 Å². The van der Waals surface area contributed by atoms with Gasteiger partial charge < -0.3 is 19.9 Å². The van der Waals surface area contributed by atoms with Crippen LogP contribution in [0.1, 0.15) is 30.4 Å². The largest absolute Gasteiger partial charge is 0.481 e. The van der Waals surface area contributed by atoms with E-state index in [1.54, 1.807) is 7.11 Å². The molecule has 2 atom stereocenters. The summed E-state index contributed by atoms with van der Waals surface area (Å²) in [5.74, 6) is -1.17. The first kappa shape index (κ1) is 19.9. The molecule has 0 aliphatic heterocycles. The number of carboxylic acid groups (broad SMARTS) is 1. The fourth-order valence-corrected chi connectivity index (χ4v) is 3.75. The number of fused-ring (bicyclic) bond motifs is 3. The number of carbonyl (C=O) groups excluding carboxylic acids is 1. The van der Waals surface area contributed by atoms with Crippen LogP contribution in [0.3, 0.4) is 0 Å². The highest BCUT2D eigenvalue weighted by atomic mass is 16.5. The van der Waals surface area contributed by atoms with E-state index in [1.165, 1.54) is 0 Å². The van der Waals surface area contributed by atoms with E-state index in [-0.39, 0.29) is 24.9 Å². The first-order chi connectivity index (χ1) is 13.5. The smallest absolute Gasteiger partial charge is 0.407 e. The fraction of sp³-hybridized carbons (Fsp3) is 0.364. The van der Waals surface area contributed by atoms with E-state index in [1.807, 2.05) is 31.2 Å². The third-order valence-corrected chi connectivity index (χ3v) is 5.16.